The van der Waals surface area contributed by atoms with Crippen molar-refractivity contribution in [3.63, 3.8) is 0 Å². The van der Waals surface area contributed by atoms with Crippen LogP contribution in [0.25, 0.3) is 0 Å². The molecule has 1 N–H and O–H groups in total. The molecule has 11 heteroatoms. The van der Waals surface area contributed by atoms with E-state index in [9.17, 15) is 23.3 Å². The molecule has 0 bridgehead atoms. The Labute approximate surface area is 179 Å². The summed E-state index contributed by atoms with van der Waals surface area (Å²) >= 11 is 0. The lowest BCUT2D eigenvalue weighted by molar-refractivity contribution is -0.123. The Morgan fingerprint density at radius 3 is 2.55 bits per heavy atom. The third kappa shape index (κ3) is 4.39. The number of nitriles is 1. The average Bonchev–Trinajstić information content (AvgIpc) is 2.99. The topological polar surface area (TPSA) is 143 Å². The fourth-order valence-corrected chi connectivity index (χ4v) is 4.58. The molecule has 0 aromatic carbocycles. The van der Waals surface area contributed by atoms with Crippen molar-refractivity contribution in [1.82, 2.24) is 9.71 Å². The molecule has 3 rings (SSSR count). The molecule has 3 heterocycles. The molecule has 0 unspecified atom stereocenters. The van der Waals surface area contributed by atoms with E-state index in [1.807, 2.05) is 6.07 Å². The zero-order valence-electron chi connectivity index (χ0n) is 17.6. The van der Waals surface area contributed by atoms with Crippen molar-refractivity contribution in [3.8, 4) is 6.07 Å². The van der Waals surface area contributed by atoms with Crippen molar-refractivity contribution in [2.75, 3.05) is 24.6 Å². The van der Waals surface area contributed by atoms with E-state index in [1.165, 1.54) is 19.1 Å². The molecule has 2 aromatic heterocycles. The number of carbonyl (C=O) groups is 2. The van der Waals surface area contributed by atoms with Gasteiger partial charge >= 0.3 is 5.97 Å². The first-order valence-corrected chi connectivity index (χ1v) is 11.0. The molecule has 1 aliphatic heterocycles. The Hall–Kier alpha value is -3.39. The van der Waals surface area contributed by atoms with Crippen molar-refractivity contribution in [2.24, 2.45) is 5.92 Å². The average molecular weight is 446 g/mol. The fraction of sp³-hybridized carbons (Fsp3) is 0.400. The maximum Gasteiger partial charge on any atom is 0.340 e. The van der Waals surface area contributed by atoms with Crippen LogP contribution in [-0.4, -0.2) is 45.0 Å². The molecule has 0 spiro atoms. The number of aryl methyl sites for hydroxylation is 3. The zero-order chi connectivity index (χ0) is 22.9. The number of pyridine rings is 1. The highest BCUT2D eigenvalue weighted by Crippen LogP contribution is 2.28. The minimum Gasteiger partial charge on any atom is -0.465 e. The van der Waals surface area contributed by atoms with E-state index in [1.54, 1.807) is 25.7 Å². The first-order valence-electron chi connectivity index (χ1n) is 9.54. The van der Waals surface area contributed by atoms with Gasteiger partial charge in [0.15, 0.2) is 0 Å². The summed E-state index contributed by atoms with van der Waals surface area (Å²) in [6.45, 7) is 7.01. The number of hydrogen-bond donors (Lipinski definition) is 1. The van der Waals surface area contributed by atoms with E-state index in [-0.39, 0.29) is 41.5 Å². The van der Waals surface area contributed by atoms with E-state index in [4.69, 9.17) is 9.15 Å². The van der Waals surface area contributed by atoms with Gasteiger partial charge in [0.2, 0.25) is 5.91 Å². The second-order valence-electron chi connectivity index (χ2n) is 7.17. The highest BCUT2D eigenvalue weighted by molar-refractivity contribution is 7.90. The van der Waals surface area contributed by atoms with Crippen LogP contribution in [0.1, 0.15) is 40.1 Å². The molecule has 164 valence electrons. The third-order valence-corrected chi connectivity index (χ3v) is 6.33. The Morgan fingerprint density at radius 2 is 2.00 bits per heavy atom. The van der Waals surface area contributed by atoms with Crippen LogP contribution in [0.3, 0.4) is 0 Å². The fourth-order valence-electron chi connectivity index (χ4n) is 3.29. The molecule has 0 aliphatic carbocycles. The van der Waals surface area contributed by atoms with Crippen LogP contribution in [0.15, 0.2) is 21.4 Å². The van der Waals surface area contributed by atoms with Crippen molar-refractivity contribution in [2.45, 2.75) is 32.6 Å². The predicted molar refractivity (Wildman–Crippen MR) is 109 cm³/mol. The van der Waals surface area contributed by atoms with Crippen molar-refractivity contribution >= 4 is 27.7 Å². The van der Waals surface area contributed by atoms with E-state index in [0.29, 0.717) is 17.3 Å². The summed E-state index contributed by atoms with van der Waals surface area (Å²) in [5.41, 5.74) is 0.771. The van der Waals surface area contributed by atoms with Crippen LogP contribution in [-0.2, 0) is 19.6 Å². The second kappa shape index (κ2) is 8.39. The highest BCUT2D eigenvalue weighted by atomic mass is 32.2. The number of aromatic nitrogens is 1. The number of furan rings is 1. The summed E-state index contributed by atoms with van der Waals surface area (Å²) in [7, 11) is -4.04. The first-order chi connectivity index (χ1) is 14.6. The molecule has 31 heavy (non-hydrogen) atoms. The molecule has 10 nitrogen and oxygen atoms in total. The molecular formula is C20H22N4O6S. The highest BCUT2D eigenvalue weighted by Gasteiger charge is 2.37. The molecule has 0 radical (unpaired) electrons. The summed E-state index contributed by atoms with van der Waals surface area (Å²) < 4.78 is 37.2. The summed E-state index contributed by atoms with van der Waals surface area (Å²) in [6.07, 6.45) is 0. The summed E-state index contributed by atoms with van der Waals surface area (Å²) in [5, 5.41) is 9.46. The number of anilines is 1. The smallest absolute Gasteiger partial charge is 0.340 e. The monoisotopic (exact) mass is 446 g/mol. The van der Waals surface area contributed by atoms with Crippen LogP contribution in [0.4, 0.5) is 5.82 Å². The largest absolute Gasteiger partial charge is 0.465 e. The maximum absolute atomic E-state index is 12.5. The van der Waals surface area contributed by atoms with Crippen LogP contribution in [0.5, 0.6) is 0 Å². The van der Waals surface area contributed by atoms with E-state index < -0.39 is 27.8 Å². The Kier molecular flexibility index (Phi) is 6.03. The van der Waals surface area contributed by atoms with Crippen molar-refractivity contribution in [3.05, 3.63) is 40.5 Å². The van der Waals surface area contributed by atoms with Crippen LogP contribution >= 0.6 is 0 Å². The molecule has 1 fully saturated rings. The van der Waals surface area contributed by atoms with Gasteiger partial charge in [-0.1, -0.05) is 0 Å². The molecule has 0 atom stereocenters. The number of carbonyl (C=O) groups excluding carboxylic acids is 2. The summed E-state index contributed by atoms with van der Waals surface area (Å²) in [6, 6.07) is 4.77. The SMILES string of the molecule is CCOC(=O)c1cc(C#N)c(N2CC(C(=O)NS(=O)(=O)c3cc(C)oc3C)C2)nc1C. The number of esters is 1. The number of hydrogen-bond acceptors (Lipinski definition) is 9. The molecule has 2 aromatic rings. The van der Waals surface area contributed by atoms with Gasteiger partial charge in [-0.2, -0.15) is 5.26 Å². The van der Waals surface area contributed by atoms with Crippen LogP contribution in [0.2, 0.25) is 0 Å². The first kappa shape index (κ1) is 22.3. The molecule has 0 saturated carbocycles. The normalized spacial score (nSPS) is 14.0. The minimum absolute atomic E-state index is 0.0758. The minimum atomic E-state index is -4.04. The lowest BCUT2D eigenvalue weighted by Crippen LogP contribution is -2.55. The molecule has 1 amide bonds. The van der Waals surface area contributed by atoms with Gasteiger partial charge < -0.3 is 14.1 Å². The summed E-state index contributed by atoms with van der Waals surface area (Å²) in [4.78, 5) is 30.4. The van der Waals surface area contributed by atoms with Gasteiger partial charge in [0.05, 0.1) is 29.3 Å². The summed E-state index contributed by atoms with van der Waals surface area (Å²) in [5.74, 6) is -0.841. The number of rotatable bonds is 6. The van der Waals surface area contributed by atoms with E-state index in [2.05, 4.69) is 9.71 Å². The van der Waals surface area contributed by atoms with Gasteiger partial charge in [-0.15, -0.1) is 0 Å². The predicted octanol–water partition coefficient (Wildman–Crippen LogP) is 1.59. The Bertz CT molecular complexity index is 1190. The van der Waals surface area contributed by atoms with Crippen LogP contribution < -0.4 is 9.62 Å². The second-order valence-corrected chi connectivity index (χ2v) is 8.82. The molecular weight excluding hydrogens is 424 g/mol. The van der Waals surface area contributed by atoms with Crippen molar-refractivity contribution < 1.29 is 27.2 Å². The Morgan fingerprint density at radius 1 is 1.32 bits per heavy atom. The van der Waals surface area contributed by atoms with Gasteiger partial charge in [0, 0.05) is 19.2 Å². The molecule has 1 aliphatic rings. The quantitative estimate of drug-likeness (QED) is 0.654. The van der Waals surface area contributed by atoms with E-state index in [0.717, 1.165) is 0 Å². The van der Waals surface area contributed by atoms with Crippen LogP contribution in [0, 0.1) is 38.0 Å². The number of ether oxygens (including phenoxy) is 1. The van der Waals surface area contributed by atoms with Gasteiger partial charge in [0.1, 0.15) is 28.3 Å². The lowest BCUT2D eigenvalue weighted by Gasteiger charge is -2.39. The van der Waals surface area contributed by atoms with Gasteiger partial charge in [-0.3, -0.25) is 4.79 Å². The number of nitrogens with zero attached hydrogens (tertiary/aromatic N) is 3. The van der Waals surface area contributed by atoms with Gasteiger partial charge in [-0.25, -0.2) is 22.9 Å². The zero-order valence-corrected chi connectivity index (χ0v) is 18.4. The maximum atomic E-state index is 12.5. The Balaban J connectivity index is 1.71. The lowest BCUT2D eigenvalue weighted by atomic mass is 9.98. The van der Waals surface area contributed by atoms with Crippen molar-refractivity contribution in [1.29, 1.82) is 5.26 Å². The van der Waals surface area contributed by atoms with E-state index >= 15 is 0 Å². The number of sulfonamides is 1. The standard InChI is InChI=1S/C20H22N4O6S/c1-5-29-20(26)16-7-14(8-21)18(22-12(16)3)24-9-15(10-24)19(25)23-31(27,28)17-6-11(2)30-13(17)4/h6-7,15H,5,9-10H2,1-4H3,(H,23,25). The van der Waals surface area contributed by atoms with Gasteiger partial charge in [0.25, 0.3) is 10.0 Å². The number of amides is 1. The third-order valence-electron chi connectivity index (χ3n) is 4.88. The van der Waals surface area contributed by atoms with Gasteiger partial charge in [-0.05, 0) is 33.8 Å². The molecule has 1 saturated heterocycles. The number of nitrogens with one attached hydrogen (secondary N) is 1.